The molecule has 2 atom stereocenters. The van der Waals surface area contributed by atoms with Gasteiger partial charge in [0.2, 0.25) is 12.2 Å². The number of unbranched alkanes of at least 4 members (excludes halogenated alkanes) is 1. The fraction of sp³-hybridized carbons (Fsp3) is 0.409. The van der Waals surface area contributed by atoms with Gasteiger partial charge in [-0.05, 0) is 30.1 Å². The first-order valence-corrected chi connectivity index (χ1v) is 10.2. The molecule has 2 aromatic rings. The van der Waals surface area contributed by atoms with Crippen LogP contribution in [0.5, 0.6) is 11.9 Å². The van der Waals surface area contributed by atoms with Crippen LogP contribution in [-0.4, -0.2) is 33.7 Å². The number of benzene rings is 1. The number of allylic oxidation sites excluding steroid dienone is 1. The van der Waals surface area contributed by atoms with E-state index in [1.165, 1.54) is 0 Å². The number of aliphatic hydroxyl groups is 1. The highest BCUT2D eigenvalue weighted by atomic mass is 16.6. The summed E-state index contributed by atoms with van der Waals surface area (Å²) in [4.78, 5) is 24.8. The van der Waals surface area contributed by atoms with Crippen LogP contribution in [0.1, 0.15) is 56.3 Å². The molecule has 0 bridgehead atoms. The summed E-state index contributed by atoms with van der Waals surface area (Å²) in [5, 5.41) is 14.1. The van der Waals surface area contributed by atoms with Crippen LogP contribution in [-0.2, 0) is 4.74 Å². The summed E-state index contributed by atoms with van der Waals surface area (Å²) in [5.74, 6) is 0.0594. The van der Waals surface area contributed by atoms with Gasteiger partial charge in [-0.2, -0.15) is 4.98 Å². The molecule has 3 heterocycles. The Kier molecular flexibility index (Phi) is 6.25. The number of hydrogen-bond donors (Lipinski definition) is 2. The number of aliphatic hydroxyl groups excluding tert-OH is 1. The largest absolute Gasteiger partial charge is 0.443 e. The zero-order chi connectivity index (χ0) is 20.9. The maximum atomic E-state index is 12.6. The number of aromatic amines is 1. The first-order valence-electron chi connectivity index (χ1n) is 10.2. The third-order valence-corrected chi connectivity index (χ3v) is 5.12. The molecule has 0 amide bonds. The van der Waals surface area contributed by atoms with E-state index in [9.17, 15) is 9.90 Å². The normalized spacial score (nSPS) is 22.2. The molecule has 2 N–H and O–H groups in total. The van der Waals surface area contributed by atoms with Gasteiger partial charge < -0.3 is 19.4 Å². The first kappa shape index (κ1) is 20.3. The molecule has 30 heavy (non-hydrogen) atoms. The van der Waals surface area contributed by atoms with E-state index in [4.69, 9.17) is 14.3 Å². The molecule has 1 fully saturated rings. The van der Waals surface area contributed by atoms with Crippen LogP contribution in [0.15, 0.2) is 46.4 Å². The van der Waals surface area contributed by atoms with Crippen molar-refractivity contribution < 1.29 is 19.4 Å². The highest BCUT2D eigenvalue weighted by molar-refractivity contribution is 5.85. The van der Waals surface area contributed by atoms with Crippen molar-refractivity contribution >= 4 is 11.3 Å². The van der Waals surface area contributed by atoms with E-state index in [1.54, 1.807) is 6.08 Å². The molecule has 0 saturated carbocycles. The van der Waals surface area contributed by atoms with Crippen molar-refractivity contribution in [1.29, 1.82) is 0 Å². The average Bonchev–Trinajstić information content (AvgIpc) is 2.76. The predicted molar refractivity (Wildman–Crippen MR) is 111 cm³/mol. The third kappa shape index (κ3) is 4.60. The van der Waals surface area contributed by atoms with Crippen LogP contribution in [0.4, 0.5) is 0 Å². The number of rotatable bonds is 6. The molecule has 1 aromatic heterocycles. The van der Waals surface area contributed by atoms with Gasteiger partial charge in [-0.25, -0.2) is 0 Å². The lowest BCUT2D eigenvalue weighted by Gasteiger charge is -2.24. The molecule has 8 heteroatoms. The lowest BCUT2D eigenvalue weighted by Crippen LogP contribution is -2.25. The molecular weight excluding hydrogens is 386 g/mol. The van der Waals surface area contributed by atoms with Crippen LogP contribution in [0, 0.1) is 0 Å². The number of nitrogens with zero attached hydrogens (tertiary/aromatic N) is 2. The molecule has 2 aliphatic rings. The minimum absolute atomic E-state index is 0.0594. The summed E-state index contributed by atoms with van der Waals surface area (Å²) in [6, 6.07) is 9.87. The van der Waals surface area contributed by atoms with Gasteiger partial charge in [0.25, 0.3) is 5.56 Å². The second-order valence-electron chi connectivity index (χ2n) is 7.33. The number of aromatic nitrogens is 2. The van der Waals surface area contributed by atoms with Gasteiger partial charge in [0.1, 0.15) is 5.56 Å². The van der Waals surface area contributed by atoms with Crippen molar-refractivity contribution in [3.8, 4) is 11.9 Å². The van der Waals surface area contributed by atoms with Crippen LogP contribution in [0.25, 0.3) is 5.57 Å². The number of ether oxygens (including phenoxy) is 2. The summed E-state index contributed by atoms with van der Waals surface area (Å²) in [7, 11) is 0. The second kappa shape index (κ2) is 9.23. The smallest absolute Gasteiger partial charge is 0.329 e. The fourth-order valence-corrected chi connectivity index (χ4v) is 3.59. The Morgan fingerprint density at radius 3 is 2.97 bits per heavy atom. The monoisotopic (exact) mass is 411 g/mol. The molecule has 158 valence electrons. The minimum atomic E-state index is -1.14. The van der Waals surface area contributed by atoms with Gasteiger partial charge in [0, 0.05) is 12.8 Å². The number of H-pyrrole nitrogens is 1. The highest BCUT2D eigenvalue weighted by Crippen LogP contribution is 2.31. The van der Waals surface area contributed by atoms with Gasteiger partial charge in [0.05, 0.1) is 18.4 Å². The van der Waals surface area contributed by atoms with Gasteiger partial charge >= 0.3 is 6.01 Å². The molecule has 8 nitrogen and oxygen atoms in total. The molecule has 0 aliphatic carbocycles. The van der Waals surface area contributed by atoms with Gasteiger partial charge in [-0.15, -0.1) is 0 Å². The number of hydrogen-bond acceptors (Lipinski definition) is 7. The molecule has 1 aromatic carbocycles. The Morgan fingerprint density at radius 1 is 1.33 bits per heavy atom. The quantitative estimate of drug-likeness (QED) is 0.706. The van der Waals surface area contributed by atoms with E-state index < -0.39 is 6.29 Å². The van der Waals surface area contributed by atoms with Crippen molar-refractivity contribution in [3.05, 3.63) is 57.9 Å². The fourth-order valence-electron chi connectivity index (χ4n) is 3.59. The topological polar surface area (TPSA) is 106 Å². The first-order chi connectivity index (χ1) is 14.6. The van der Waals surface area contributed by atoms with Gasteiger partial charge in [-0.3, -0.25) is 9.78 Å². The third-order valence-electron chi connectivity index (χ3n) is 5.12. The standard InChI is InChI=1S/C22H25N3O5/c1-2-3-7-15-12-18(26)29-21-19(15)20(27)23-22(24-21)30-25-16-10-11-28-17(13-16)14-8-5-4-6-9-14/h4-6,8-9,12,17-18,26H,2-3,7,10-11,13H2,1H3,(H,23,24,27)/b25-16-. The zero-order valence-corrected chi connectivity index (χ0v) is 16.8. The summed E-state index contributed by atoms with van der Waals surface area (Å²) in [5.41, 5.74) is 2.59. The average molecular weight is 411 g/mol. The van der Waals surface area contributed by atoms with E-state index in [0.29, 0.717) is 31.4 Å². The van der Waals surface area contributed by atoms with Crippen LogP contribution in [0.2, 0.25) is 0 Å². The van der Waals surface area contributed by atoms with Crippen molar-refractivity contribution in [2.45, 2.75) is 51.4 Å². The van der Waals surface area contributed by atoms with Crippen molar-refractivity contribution in [2.24, 2.45) is 5.16 Å². The number of oxime groups is 1. The summed E-state index contributed by atoms with van der Waals surface area (Å²) in [6.45, 7) is 2.60. The van der Waals surface area contributed by atoms with Crippen LogP contribution < -0.4 is 15.1 Å². The van der Waals surface area contributed by atoms with Gasteiger partial charge in [0.15, 0.2) is 0 Å². The summed E-state index contributed by atoms with van der Waals surface area (Å²) >= 11 is 0. The van der Waals surface area contributed by atoms with Crippen molar-refractivity contribution in [2.75, 3.05) is 6.61 Å². The maximum Gasteiger partial charge on any atom is 0.329 e. The molecular formula is C22H25N3O5. The lowest BCUT2D eigenvalue weighted by atomic mass is 10.0. The summed E-state index contributed by atoms with van der Waals surface area (Å²) < 4.78 is 11.2. The van der Waals surface area contributed by atoms with Crippen molar-refractivity contribution in [3.63, 3.8) is 0 Å². The lowest BCUT2D eigenvalue weighted by molar-refractivity contribution is 0.0176. The molecule has 2 unspecified atom stereocenters. The Bertz CT molecular complexity index is 1000. The Hall–Kier alpha value is -2.97. The SMILES string of the molecule is CCCCC1=CC(O)Oc2nc(O/N=C3/CCOC(c4ccccc4)C3)[nH]c(=O)c21. The van der Waals surface area contributed by atoms with E-state index >= 15 is 0 Å². The Morgan fingerprint density at radius 2 is 2.17 bits per heavy atom. The zero-order valence-electron chi connectivity index (χ0n) is 16.8. The van der Waals surface area contributed by atoms with Crippen LogP contribution in [0.3, 0.4) is 0 Å². The van der Waals surface area contributed by atoms with E-state index in [-0.39, 0.29) is 23.6 Å². The summed E-state index contributed by atoms with van der Waals surface area (Å²) in [6.07, 6.45) is 4.09. The predicted octanol–water partition coefficient (Wildman–Crippen LogP) is 3.34. The van der Waals surface area contributed by atoms with E-state index in [1.807, 2.05) is 30.3 Å². The Labute approximate surface area is 174 Å². The molecule has 4 rings (SSSR count). The minimum Gasteiger partial charge on any atom is -0.443 e. The van der Waals surface area contributed by atoms with Gasteiger partial charge in [-0.1, -0.05) is 48.8 Å². The molecule has 1 saturated heterocycles. The molecule has 0 radical (unpaired) electrons. The second-order valence-corrected chi connectivity index (χ2v) is 7.33. The Balaban J connectivity index is 1.50. The highest BCUT2D eigenvalue weighted by Gasteiger charge is 2.25. The maximum absolute atomic E-state index is 12.6. The number of fused-ring (bicyclic) bond motifs is 1. The van der Waals surface area contributed by atoms with Crippen molar-refractivity contribution in [1.82, 2.24) is 9.97 Å². The molecule has 2 aliphatic heterocycles. The molecule has 0 spiro atoms. The van der Waals surface area contributed by atoms with Crippen LogP contribution >= 0.6 is 0 Å². The van der Waals surface area contributed by atoms with E-state index in [2.05, 4.69) is 22.0 Å². The van der Waals surface area contributed by atoms with E-state index in [0.717, 1.165) is 29.7 Å². The number of nitrogens with one attached hydrogen (secondary N) is 1.